The van der Waals surface area contributed by atoms with Crippen LogP contribution < -0.4 is 0 Å². The molecule has 13 heavy (non-hydrogen) atoms. The predicted molar refractivity (Wildman–Crippen MR) is 50.6 cm³/mol. The Labute approximate surface area is 79.3 Å². The molecule has 0 unspecified atom stereocenters. The Kier molecular flexibility index (Phi) is 5.05. The first-order chi connectivity index (χ1) is 6.38. The quantitative estimate of drug-likeness (QED) is 0.654. The van der Waals surface area contributed by atoms with Gasteiger partial charge < -0.3 is 14.6 Å². The van der Waals surface area contributed by atoms with Crippen molar-refractivity contribution in [2.45, 2.75) is 31.5 Å². The second-order valence-corrected chi connectivity index (χ2v) is 3.22. The van der Waals surface area contributed by atoms with Gasteiger partial charge in [-0.05, 0) is 19.3 Å². The number of hydrogen-bond acceptors (Lipinski definition) is 3. The fraction of sp³-hybridized carbons (Fsp3) is 0.800. The van der Waals surface area contributed by atoms with Crippen molar-refractivity contribution in [3.8, 4) is 0 Å². The molecule has 1 aliphatic rings. The summed E-state index contributed by atoms with van der Waals surface area (Å²) in [6.07, 6.45) is 4.69. The third-order valence-electron chi connectivity index (χ3n) is 2.22. The van der Waals surface area contributed by atoms with E-state index >= 15 is 0 Å². The number of aliphatic hydroxyl groups is 1. The van der Waals surface area contributed by atoms with Crippen LogP contribution in [-0.2, 0) is 9.47 Å². The van der Waals surface area contributed by atoms with Crippen molar-refractivity contribution < 1.29 is 14.6 Å². The molecule has 0 aromatic rings. The summed E-state index contributed by atoms with van der Waals surface area (Å²) in [6.45, 7) is 5.12. The first-order valence-electron chi connectivity index (χ1n) is 4.83. The minimum atomic E-state index is 0.0682. The van der Waals surface area contributed by atoms with Gasteiger partial charge in [-0.2, -0.15) is 0 Å². The Morgan fingerprint density at radius 2 is 2.46 bits per heavy atom. The fourth-order valence-electron chi connectivity index (χ4n) is 1.59. The second-order valence-electron chi connectivity index (χ2n) is 3.22. The number of hydrogen-bond donors (Lipinski definition) is 1. The molecule has 1 heterocycles. The van der Waals surface area contributed by atoms with Crippen molar-refractivity contribution in [2.75, 3.05) is 19.8 Å². The van der Waals surface area contributed by atoms with Crippen LogP contribution in [0.5, 0.6) is 0 Å². The Morgan fingerprint density at radius 1 is 1.62 bits per heavy atom. The standard InChI is InChI=1S/C10H18O3/c1-2-7-12-9-4-3-8-13-10(9)5-6-11/h2,9-11H,1,3-8H2/t9-,10-/m0/s1. The van der Waals surface area contributed by atoms with Crippen LogP contribution >= 0.6 is 0 Å². The first kappa shape index (κ1) is 10.7. The van der Waals surface area contributed by atoms with Crippen LogP contribution in [-0.4, -0.2) is 37.1 Å². The van der Waals surface area contributed by atoms with E-state index in [2.05, 4.69) is 6.58 Å². The molecule has 0 aliphatic carbocycles. The van der Waals surface area contributed by atoms with Gasteiger partial charge in [0, 0.05) is 13.2 Å². The Morgan fingerprint density at radius 3 is 3.15 bits per heavy atom. The molecule has 0 bridgehead atoms. The van der Waals surface area contributed by atoms with E-state index in [1.165, 1.54) is 0 Å². The van der Waals surface area contributed by atoms with Gasteiger partial charge in [0.2, 0.25) is 0 Å². The molecular weight excluding hydrogens is 168 g/mol. The zero-order chi connectivity index (χ0) is 9.52. The second kappa shape index (κ2) is 6.13. The summed E-state index contributed by atoms with van der Waals surface area (Å²) in [6, 6.07) is 0. The van der Waals surface area contributed by atoms with Crippen molar-refractivity contribution >= 4 is 0 Å². The maximum atomic E-state index is 8.81. The van der Waals surface area contributed by atoms with E-state index in [1.54, 1.807) is 6.08 Å². The van der Waals surface area contributed by atoms with Crippen molar-refractivity contribution in [3.05, 3.63) is 12.7 Å². The van der Waals surface area contributed by atoms with E-state index in [1.807, 2.05) is 0 Å². The third-order valence-corrected chi connectivity index (χ3v) is 2.22. The molecule has 0 aromatic carbocycles. The lowest BCUT2D eigenvalue weighted by Crippen LogP contribution is -2.37. The maximum Gasteiger partial charge on any atom is 0.0858 e. The molecule has 3 nitrogen and oxygen atoms in total. The van der Waals surface area contributed by atoms with E-state index < -0.39 is 0 Å². The molecule has 1 fully saturated rings. The zero-order valence-electron chi connectivity index (χ0n) is 7.95. The van der Waals surface area contributed by atoms with Crippen LogP contribution in [0.3, 0.4) is 0 Å². The zero-order valence-corrected chi connectivity index (χ0v) is 7.95. The summed E-state index contributed by atoms with van der Waals surface area (Å²) < 4.78 is 11.1. The van der Waals surface area contributed by atoms with E-state index in [-0.39, 0.29) is 18.8 Å². The van der Waals surface area contributed by atoms with Crippen LogP contribution in [0, 0.1) is 0 Å². The normalized spacial score (nSPS) is 28.7. The summed E-state index contributed by atoms with van der Waals surface area (Å²) >= 11 is 0. The smallest absolute Gasteiger partial charge is 0.0858 e. The van der Waals surface area contributed by atoms with Gasteiger partial charge in [0.05, 0.1) is 18.8 Å². The lowest BCUT2D eigenvalue weighted by molar-refractivity contribution is -0.105. The SMILES string of the molecule is C=CCO[C@H]1CCCO[C@H]1CCO. The monoisotopic (exact) mass is 186 g/mol. The molecule has 0 spiro atoms. The predicted octanol–water partition coefficient (Wildman–Crippen LogP) is 1.12. The Hall–Kier alpha value is -0.380. The summed E-state index contributed by atoms with van der Waals surface area (Å²) in [4.78, 5) is 0. The van der Waals surface area contributed by atoms with Crippen LogP contribution in [0.15, 0.2) is 12.7 Å². The van der Waals surface area contributed by atoms with E-state index in [0.29, 0.717) is 13.0 Å². The molecule has 0 saturated carbocycles. The summed E-state index contributed by atoms with van der Waals surface area (Å²) in [7, 11) is 0. The largest absolute Gasteiger partial charge is 0.396 e. The minimum Gasteiger partial charge on any atom is -0.396 e. The van der Waals surface area contributed by atoms with Gasteiger partial charge in [0.1, 0.15) is 0 Å². The highest BCUT2D eigenvalue weighted by atomic mass is 16.5. The van der Waals surface area contributed by atoms with Gasteiger partial charge in [0.15, 0.2) is 0 Å². The highest BCUT2D eigenvalue weighted by Gasteiger charge is 2.25. The van der Waals surface area contributed by atoms with Crippen molar-refractivity contribution in [2.24, 2.45) is 0 Å². The molecule has 3 heteroatoms. The van der Waals surface area contributed by atoms with Gasteiger partial charge >= 0.3 is 0 Å². The average molecular weight is 186 g/mol. The molecule has 1 aliphatic heterocycles. The summed E-state index contributed by atoms with van der Waals surface area (Å²) in [5, 5.41) is 8.81. The average Bonchev–Trinajstić information content (AvgIpc) is 2.17. The molecule has 0 radical (unpaired) electrons. The number of rotatable bonds is 5. The van der Waals surface area contributed by atoms with Gasteiger partial charge in [-0.1, -0.05) is 6.08 Å². The molecule has 0 amide bonds. The summed E-state index contributed by atoms with van der Waals surface area (Å²) in [5.74, 6) is 0. The highest BCUT2D eigenvalue weighted by molar-refractivity contribution is 4.77. The Bertz CT molecular complexity index is 145. The number of aliphatic hydroxyl groups excluding tert-OH is 1. The van der Waals surface area contributed by atoms with Gasteiger partial charge in [-0.15, -0.1) is 6.58 Å². The topological polar surface area (TPSA) is 38.7 Å². The van der Waals surface area contributed by atoms with Crippen LogP contribution in [0.2, 0.25) is 0 Å². The first-order valence-corrected chi connectivity index (χ1v) is 4.83. The highest BCUT2D eigenvalue weighted by Crippen LogP contribution is 2.19. The van der Waals surface area contributed by atoms with Crippen molar-refractivity contribution in [1.29, 1.82) is 0 Å². The molecule has 76 valence electrons. The molecule has 1 N–H and O–H groups in total. The fourth-order valence-corrected chi connectivity index (χ4v) is 1.59. The van der Waals surface area contributed by atoms with Crippen molar-refractivity contribution in [1.82, 2.24) is 0 Å². The maximum absolute atomic E-state index is 8.81. The van der Waals surface area contributed by atoms with Crippen LogP contribution in [0.1, 0.15) is 19.3 Å². The third kappa shape index (κ3) is 3.46. The van der Waals surface area contributed by atoms with Gasteiger partial charge in [0.25, 0.3) is 0 Å². The van der Waals surface area contributed by atoms with Gasteiger partial charge in [-0.25, -0.2) is 0 Å². The van der Waals surface area contributed by atoms with E-state index in [9.17, 15) is 0 Å². The molecular formula is C10H18O3. The summed E-state index contributed by atoms with van der Waals surface area (Å²) in [5.41, 5.74) is 0. The van der Waals surface area contributed by atoms with Crippen molar-refractivity contribution in [3.63, 3.8) is 0 Å². The lowest BCUT2D eigenvalue weighted by atomic mass is 10.0. The molecule has 0 aromatic heterocycles. The van der Waals surface area contributed by atoms with Gasteiger partial charge in [-0.3, -0.25) is 0 Å². The lowest BCUT2D eigenvalue weighted by Gasteiger charge is -2.31. The van der Waals surface area contributed by atoms with E-state index in [0.717, 1.165) is 19.4 Å². The van der Waals surface area contributed by atoms with E-state index in [4.69, 9.17) is 14.6 Å². The van der Waals surface area contributed by atoms with Crippen LogP contribution in [0.25, 0.3) is 0 Å². The molecule has 1 rings (SSSR count). The van der Waals surface area contributed by atoms with Crippen LogP contribution in [0.4, 0.5) is 0 Å². The Balaban J connectivity index is 2.31. The minimum absolute atomic E-state index is 0.0682. The molecule has 1 saturated heterocycles. The number of ether oxygens (including phenoxy) is 2. The molecule has 2 atom stereocenters.